The number of hydrogen-bond acceptors (Lipinski definition) is 4. The number of thioether (sulfide) groups is 1. The van der Waals surface area contributed by atoms with E-state index in [0.29, 0.717) is 24.8 Å². The van der Waals surface area contributed by atoms with Gasteiger partial charge in [0.2, 0.25) is 11.8 Å². The van der Waals surface area contributed by atoms with Crippen LogP contribution >= 0.6 is 11.8 Å². The van der Waals surface area contributed by atoms with Crippen LogP contribution in [0.15, 0.2) is 24.3 Å². The van der Waals surface area contributed by atoms with Crippen molar-refractivity contribution in [1.82, 2.24) is 15.1 Å². The number of hydrogen-bond donors (Lipinski definition) is 1. The Morgan fingerprint density at radius 1 is 1.30 bits per heavy atom. The second kappa shape index (κ2) is 11.1. The molecule has 0 radical (unpaired) electrons. The summed E-state index contributed by atoms with van der Waals surface area (Å²) in [5, 5.41) is 2.73. The van der Waals surface area contributed by atoms with E-state index in [1.165, 1.54) is 43.2 Å². The summed E-state index contributed by atoms with van der Waals surface area (Å²) in [5.41, 5.74) is 0.735. The van der Waals surface area contributed by atoms with E-state index in [0.717, 1.165) is 31.5 Å². The van der Waals surface area contributed by atoms with Gasteiger partial charge in [-0.05, 0) is 56.8 Å². The lowest BCUT2D eigenvalue weighted by atomic mass is 10.0. The maximum Gasteiger partial charge on any atom is 0.243 e. The fourth-order valence-electron chi connectivity index (χ4n) is 4.37. The first-order chi connectivity index (χ1) is 14.5. The highest BCUT2D eigenvalue weighted by Crippen LogP contribution is 2.42. The molecule has 166 valence electrons. The van der Waals surface area contributed by atoms with Gasteiger partial charge in [0.25, 0.3) is 0 Å². The molecule has 2 aliphatic heterocycles. The van der Waals surface area contributed by atoms with Crippen molar-refractivity contribution in [3.05, 3.63) is 35.6 Å². The molecule has 0 aromatic heterocycles. The molecule has 3 atom stereocenters. The average Bonchev–Trinajstić information content (AvgIpc) is 3.18. The van der Waals surface area contributed by atoms with Crippen molar-refractivity contribution in [1.29, 1.82) is 0 Å². The maximum absolute atomic E-state index is 13.7. The number of piperidine rings is 1. The van der Waals surface area contributed by atoms with Gasteiger partial charge >= 0.3 is 0 Å². The molecule has 0 aliphatic carbocycles. The van der Waals surface area contributed by atoms with Crippen LogP contribution in [0.25, 0.3) is 0 Å². The zero-order chi connectivity index (χ0) is 21.5. The second-order valence-electron chi connectivity index (χ2n) is 8.33. The molecule has 1 N–H and O–H groups in total. The molecule has 2 aliphatic rings. The Morgan fingerprint density at radius 3 is 2.87 bits per heavy atom. The standard InChI is InChI=1S/C23H34FN3O2S/c1-3-8-21(28)27-20(16-30-23(27)18-10-6-11-19(24)15-18)22(29)25-12-7-14-26-13-5-4-9-17(26)2/h6,10-11,15,17,20,23H,3-5,7-9,12-14,16H2,1-2H3,(H,25,29). The van der Waals surface area contributed by atoms with Gasteiger partial charge in [-0.2, -0.15) is 0 Å². The van der Waals surface area contributed by atoms with Gasteiger partial charge in [0, 0.05) is 31.3 Å². The van der Waals surface area contributed by atoms with Crippen LogP contribution < -0.4 is 5.32 Å². The van der Waals surface area contributed by atoms with E-state index in [2.05, 4.69) is 17.1 Å². The normalized spacial score (nSPS) is 24.8. The summed E-state index contributed by atoms with van der Waals surface area (Å²) in [7, 11) is 0. The Balaban J connectivity index is 1.58. The topological polar surface area (TPSA) is 52.7 Å². The number of amides is 2. The highest BCUT2D eigenvalue weighted by atomic mass is 32.2. The van der Waals surface area contributed by atoms with Gasteiger partial charge in [-0.25, -0.2) is 4.39 Å². The first-order valence-corrected chi connectivity index (χ1v) is 12.3. The SMILES string of the molecule is CCCC(=O)N1C(C(=O)NCCCN2CCCCC2C)CSC1c1cccc(F)c1. The zero-order valence-corrected chi connectivity index (χ0v) is 18.9. The minimum absolute atomic E-state index is 0.0425. The second-order valence-corrected chi connectivity index (χ2v) is 9.45. The van der Waals surface area contributed by atoms with Crippen molar-refractivity contribution in [2.75, 3.05) is 25.4 Å². The van der Waals surface area contributed by atoms with Gasteiger partial charge in [0.05, 0.1) is 0 Å². The third-order valence-corrected chi connectivity index (χ3v) is 7.37. The monoisotopic (exact) mass is 435 g/mol. The van der Waals surface area contributed by atoms with Crippen LogP contribution in [-0.4, -0.2) is 59.1 Å². The molecule has 3 unspecified atom stereocenters. The number of halogens is 1. The van der Waals surface area contributed by atoms with Gasteiger partial charge in [-0.3, -0.25) is 9.59 Å². The van der Waals surface area contributed by atoms with Crippen LogP contribution in [-0.2, 0) is 9.59 Å². The molecule has 0 bridgehead atoms. The van der Waals surface area contributed by atoms with Crippen LogP contribution in [0.2, 0.25) is 0 Å². The lowest BCUT2D eigenvalue weighted by molar-refractivity contribution is -0.139. The summed E-state index contributed by atoms with van der Waals surface area (Å²) >= 11 is 1.53. The van der Waals surface area contributed by atoms with Crippen LogP contribution in [0, 0.1) is 5.82 Å². The van der Waals surface area contributed by atoms with Crippen LogP contribution in [0.3, 0.4) is 0 Å². The lowest BCUT2D eigenvalue weighted by Crippen LogP contribution is -2.48. The first kappa shape index (κ1) is 23.1. The molecule has 0 spiro atoms. The van der Waals surface area contributed by atoms with Gasteiger partial charge in [0.15, 0.2) is 0 Å². The smallest absolute Gasteiger partial charge is 0.243 e. The summed E-state index contributed by atoms with van der Waals surface area (Å²) in [4.78, 5) is 29.9. The average molecular weight is 436 g/mol. The van der Waals surface area contributed by atoms with Gasteiger partial charge in [-0.15, -0.1) is 11.8 Å². The van der Waals surface area contributed by atoms with Crippen molar-refractivity contribution >= 4 is 23.6 Å². The third kappa shape index (κ3) is 5.76. The highest BCUT2D eigenvalue weighted by molar-refractivity contribution is 7.99. The Kier molecular flexibility index (Phi) is 8.57. The molecular formula is C23H34FN3O2S. The molecule has 1 aromatic carbocycles. The number of likely N-dealkylation sites (tertiary alicyclic amines) is 1. The predicted octanol–water partition coefficient (Wildman–Crippen LogP) is 3.95. The quantitative estimate of drug-likeness (QED) is 0.628. The molecule has 2 amide bonds. The Bertz CT molecular complexity index is 732. The van der Waals surface area contributed by atoms with E-state index in [-0.39, 0.29) is 23.0 Å². The van der Waals surface area contributed by atoms with Gasteiger partial charge < -0.3 is 15.1 Å². The first-order valence-electron chi connectivity index (χ1n) is 11.2. The van der Waals surface area contributed by atoms with Crippen molar-refractivity contribution < 1.29 is 14.0 Å². The van der Waals surface area contributed by atoms with Crippen molar-refractivity contribution in [3.8, 4) is 0 Å². The lowest BCUT2D eigenvalue weighted by Gasteiger charge is -2.33. The number of carbonyl (C=O) groups excluding carboxylic acids is 2. The number of carbonyl (C=O) groups is 2. The molecule has 5 nitrogen and oxygen atoms in total. The van der Waals surface area contributed by atoms with E-state index in [9.17, 15) is 14.0 Å². The number of benzene rings is 1. The largest absolute Gasteiger partial charge is 0.354 e. The number of nitrogens with zero attached hydrogens (tertiary/aromatic N) is 2. The fraction of sp³-hybridized carbons (Fsp3) is 0.652. The Hall–Kier alpha value is -1.60. The van der Waals surface area contributed by atoms with E-state index < -0.39 is 6.04 Å². The molecule has 1 aromatic rings. The molecule has 2 heterocycles. The zero-order valence-electron chi connectivity index (χ0n) is 18.1. The summed E-state index contributed by atoms with van der Waals surface area (Å²) in [6.45, 7) is 6.98. The van der Waals surface area contributed by atoms with E-state index >= 15 is 0 Å². The highest BCUT2D eigenvalue weighted by Gasteiger charge is 2.41. The summed E-state index contributed by atoms with van der Waals surface area (Å²) in [6.07, 6.45) is 5.84. The maximum atomic E-state index is 13.7. The van der Waals surface area contributed by atoms with Crippen molar-refractivity contribution in [2.45, 2.75) is 69.8 Å². The van der Waals surface area contributed by atoms with Gasteiger partial charge in [-0.1, -0.05) is 25.5 Å². The molecule has 2 fully saturated rings. The molecule has 0 saturated carbocycles. The van der Waals surface area contributed by atoms with Crippen LogP contribution in [0.4, 0.5) is 4.39 Å². The van der Waals surface area contributed by atoms with Gasteiger partial charge in [0.1, 0.15) is 17.2 Å². The minimum atomic E-state index is -0.503. The molecule has 7 heteroatoms. The summed E-state index contributed by atoms with van der Waals surface area (Å²) < 4.78 is 13.7. The molecule has 3 rings (SSSR count). The molecule has 30 heavy (non-hydrogen) atoms. The fourth-order valence-corrected chi connectivity index (χ4v) is 5.81. The van der Waals surface area contributed by atoms with Crippen molar-refractivity contribution in [3.63, 3.8) is 0 Å². The Morgan fingerprint density at radius 2 is 2.13 bits per heavy atom. The van der Waals surface area contributed by atoms with Crippen LogP contribution in [0.1, 0.15) is 63.3 Å². The third-order valence-electron chi connectivity index (χ3n) is 6.05. The number of rotatable bonds is 8. The molecule has 2 saturated heterocycles. The molecular weight excluding hydrogens is 401 g/mol. The van der Waals surface area contributed by atoms with E-state index in [1.807, 2.05) is 13.0 Å². The van der Waals surface area contributed by atoms with E-state index in [4.69, 9.17) is 0 Å². The van der Waals surface area contributed by atoms with Crippen molar-refractivity contribution in [2.24, 2.45) is 0 Å². The summed E-state index contributed by atoms with van der Waals surface area (Å²) in [5.74, 6) is 0.0680. The van der Waals surface area contributed by atoms with E-state index in [1.54, 1.807) is 11.0 Å². The van der Waals surface area contributed by atoms with Crippen LogP contribution in [0.5, 0.6) is 0 Å². The summed E-state index contributed by atoms with van der Waals surface area (Å²) in [6, 6.07) is 6.46. The minimum Gasteiger partial charge on any atom is -0.354 e. The number of nitrogens with one attached hydrogen (secondary N) is 1. The predicted molar refractivity (Wildman–Crippen MR) is 120 cm³/mol. The Labute approximate surface area is 183 Å².